The third-order valence-electron chi connectivity index (χ3n) is 4.09. The number of benzene rings is 2. The number of hydrogen-bond donors (Lipinski definition) is 3. The molecule has 0 aliphatic rings. The maximum absolute atomic E-state index is 12.0. The number of hydrogen-bond acceptors (Lipinski definition) is 6. The Balaban J connectivity index is 2.34. The fraction of sp³-hybridized carbons (Fsp3) is 0.333. The minimum atomic E-state index is -1.45. The van der Waals surface area contributed by atoms with Gasteiger partial charge in [0, 0.05) is 18.1 Å². The number of amides is 1. The zero-order chi connectivity index (χ0) is 22.5. The van der Waals surface area contributed by atoms with Crippen LogP contribution in [0.3, 0.4) is 0 Å². The number of carboxylic acids is 1. The molecule has 0 saturated carbocycles. The Kier molecular flexibility index (Phi) is 6.99. The number of carbonyl (C=O) groups excluding carboxylic acids is 1. The average Bonchev–Trinajstić information content (AvgIpc) is 2.62. The lowest BCUT2D eigenvalue weighted by molar-refractivity contribution is -0.386. The Morgan fingerprint density at radius 1 is 1.17 bits per heavy atom. The number of phenols is 1. The molecular formula is C21H24N2O7. The maximum Gasteiger partial charge on any atom is 0.408 e. The summed E-state index contributed by atoms with van der Waals surface area (Å²) in [7, 11) is 0. The van der Waals surface area contributed by atoms with Crippen LogP contribution in [0, 0.1) is 10.1 Å². The van der Waals surface area contributed by atoms with Crippen LogP contribution in [0.1, 0.15) is 37.5 Å². The van der Waals surface area contributed by atoms with Gasteiger partial charge in [0.1, 0.15) is 11.6 Å². The highest BCUT2D eigenvalue weighted by Gasteiger charge is 2.27. The third kappa shape index (κ3) is 6.47. The van der Waals surface area contributed by atoms with E-state index in [1.165, 1.54) is 12.1 Å². The lowest BCUT2D eigenvalue weighted by Gasteiger charge is -2.22. The number of aliphatic carboxylic acids is 1. The second-order valence-electron chi connectivity index (χ2n) is 7.78. The van der Waals surface area contributed by atoms with Gasteiger partial charge in [-0.25, -0.2) is 9.59 Å². The van der Waals surface area contributed by atoms with Gasteiger partial charge < -0.3 is 20.3 Å². The van der Waals surface area contributed by atoms with Crippen molar-refractivity contribution in [2.45, 2.75) is 45.3 Å². The van der Waals surface area contributed by atoms with E-state index in [1.807, 2.05) is 30.3 Å². The molecular weight excluding hydrogens is 392 g/mol. The van der Waals surface area contributed by atoms with Crippen LogP contribution < -0.4 is 5.32 Å². The van der Waals surface area contributed by atoms with Crippen molar-refractivity contribution in [3.05, 3.63) is 69.3 Å². The predicted octanol–water partition coefficient (Wildman–Crippen LogP) is 3.41. The summed E-state index contributed by atoms with van der Waals surface area (Å²) in [6, 6.07) is 10.5. The van der Waals surface area contributed by atoms with Gasteiger partial charge in [0.25, 0.3) is 0 Å². The number of nitro benzene ring substituents is 1. The largest absolute Gasteiger partial charge is 0.502 e. The van der Waals surface area contributed by atoms with Gasteiger partial charge in [-0.05, 0) is 38.3 Å². The third-order valence-corrected chi connectivity index (χ3v) is 4.09. The first-order valence-corrected chi connectivity index (χ1v) is 9.21. The molecule has 0 aliphatic carbocycles. The van der Waals surface area contributed by atoms with E-state index >= 15 is 0 Å². The van der Waals surface area contributed by atoms with Gasteiger partial charge in [0.05, 0.1) is 4.92 Å². The van der Waals surface area contributed by atoms with Crippen molar-refractivity contribution in [1.82, 2.24) is 5.32 Å². The number of alkyl carbamates (subject to hydrolysis) is 1. The van der Waals surface area contributed by atoms with Gasteiger partial charge in [0.2, 0.25) is 0 Å². The second kappa shape index (κ2) is 9.25. The van der Waals surface area contributed by atoms with Gasteiger partial charge in [0.15, 0.2) is 5.75 Å². The number of nitrogens with zero attached hydrogens (tertiary/aromatic N) is 1. The Hall–Kier alpha value is -3.62. The fourth-order valence-electron chi connectivity index (χ4n) is 2.84. The van der Waals surface area contributed by atoms with E-state index in [1.54, 1.807) is 20.8 Å². The summed E-state index contributed by atoms with van der Waals surface area (Å²) in [5.41, 5.74) is 0.106. The van der Waals surface area contributed by atoms with E-state index in [2.05, 4.69) is 5.32 Å². The monoisotopic (exact) mass is 416 g/mol. The van der Waals surface area contributed by atoms with Crippen LogP contribution in [-0.2, 0) is 22.4 Å². The summed E-state index contributed by atoms with van der Waals surface area (Å²) < 4.78 is 5.07. The number of nitrogens with one attached hydrogen (secondary N) is 1. The fourth-order valence-corrected chi connectivity index (χ4v) is 2.84. The summed E-state index contributed by atoms with van der Waals surface area (Å²) >= 11 is 0. The van der Waals surface area contributed by atoms with Crippen LogP contribution in [0.25, 0.3) is 0 Å². The molecule has 0 bridgehead atoms. The van der Waals surface area contributed by atoms with Gasteiger partial charge >= 0.3 is 17.7 Å². The van der Waals surface area contributed by atoms with E-state index in [-0.39, 0.29) is 12.0 Å². The highest BCUT2D eigenvalue weighted by atomic mass is 16.6. The van der Waals surface area contributed by atoms with Crippen molar-refractivity contribution < 1.29 is 29.5 Å². The molecule has 0 heterocycles. The second-order valence-corrected chi connectivity index (χ2v) is 7.78. The zero-order valence-electron chi connectivity index (χ0n) is 16.9. The first-order valence-electron chi connectivity index (χ1n) is 9.21. The Morgan fingerprint density at radius 2 is 1.80 bits per heavy atom. The van der Waals surface area contributed by atoms with Crippen molar-refractivity contribution in [3.63, 3.8) is 0 Å². The number of carbonyl (C=O) groups is 2. The molecule has 1 atom stereocenters. The average molecular weight is 416 g/mol. The number of aromatic hydroxyl groups is 1. The van der Waals surface area contributed by atoms with Gasteiger partial charge in [-0.15, -0.1) is 0 Å². The molecule has 2 rings (SSSR count). The minimum Gasteiger partial charge on any atom is -0.502 e. The summed E-state index contributed by atoms with van der Waals surface area (Å²) in [5.74, 6) is -1.99. The summed E-state index contributed by atoms with van der Waals surface area (Å²) in [5, 5.41) is 33.4. The quantitative estimate of drug-likeness (QED) is 0.464. The van der Waals surface area contributed by atoms with Crippen LogP contribution in [0.2, 0.25) is 0 Å². The van der Waals surface area contributed by atoms with E-state index in [0.29, 0.717) is 12.0 Å². The number of phenolic OH excluding ortho intramolecular Hbond substituents is 1. The molecule has 30 heavy (non-hydrogen) atoms. The molecule has 1 unspecified atom stereocenters. The standard InChI is InChI=1S/C21H24N2O7/c1-21(2,3)30-20(27)22-16(19(25)26)12-15-10-14(9-13-7-5-4-6-8-13)11-17(18(15)24)23(28)29/h4-8,10-11,16,24H,9,12H2,1-3H3,(H,22,27)(H,25,26). The van der Waals surface area contributed by atoms with Gasteiger partial charge in [-0.2, -0.15) is 0 Å². The van der Waals surface area contributed by atoms with Crippen molar-refractivity contribution in [3.8, 4) is 5.75 Å². The molecule has 2 aromatic rings. The molecule has 0 fully saturated rings. The lowest BCUT2D eigenvalue weighted by Crippen LogP contribution is -2.44. The topological polar surface area (TPSA) is 139 Å². The molecule has 0 aromatic heterocycles. The van der Waals surface area contributed by atoms with Crippen molar-refractivity contribution >= 4 is 17.7 Å². The first-order chi connectivity index (χ1) is 14.0. The van der Waals surface area contributed by atoms with Crippen LogP contribution in [0.15, 0.2) is 42.5 Å². The van der Waals surface area contributed by atoms with Crippen LogP contribution >= 0.6 is 0 Å². The highest BCUT2D eigenvalue weighted by molar-refractivity contribution is 5.80. The number of nitro groups is 1. The highest BCUT2D eigenvalue weighted by Crippen LogP contribution is 2.33. The maximum atomic E-state index is 12.0. The summed E-state index contributed by atoms with van der Waals surface area (Å²) in [4.78, 5) is 34.2. The molecule has 1 amide bonds. The van der Waals surface area contributed by atoms with Crippen molar-refractivity contribution in [2.75, 3.05) is 0 Å². The van der Waals surface area contributed by atoms with E-state index < -0.39 is 40.1 Å². The smallest absolute Gasteiger partial charge is 0.408 e. The summed E-state index contributed by atoms with van der Waals surface area (Å²) in [6.07, 6.45) is -0.944. The molecule has 9 heteroatoms. The van der Waals surface area contributed by atoms with E-state index in [9.17, 15) is 29.9 Å². The van der Waals surface area contributed by atoms with Crippen LogP contribution in [0.5, 0.6) is 5.75 Å². The molecule has 0 spiro atoms. The Bertz CT molecular complexity index is 936. The number of rotatable bonds is 7. The summed E-state index contributed by atoms with van der Waals surface area (Å²) in [6.45, 7) is 4.89. The molecule has 3 N–H and O–H groups in total. The molecule has 0 saturated heterocycles. The van der Waals surface area contributed by atoms with Crippen LogP contribution in [-0.4, -0.2) is 38.8 Å². The molecule has 160 valence electrons. The van der Waals surface area contributed by atoms with Gasteiger partial charge in [-0.1, -0.05) is 36.4 Å². The molecule has 9 nitrogen and oxygen atoms in total. The Morgan fingerprint density at radius 3 is 2.33 bits per heavy atom. The molecule has 0 radical (unpaired) electrons. The SMILES string of the molecule is CC(C)(C)OC(=O)NC(Cc1cc(Cc2ccccc2)cc([N+](=O)[O-])c1O)C(=O)O. The Labute approximate surface area is 173 Å². The van der Waals surface area contributed by atoms with Crippen LogP contribution in [0.4, 0.5) is 10.5 Å². The van der Waals surface area contributed by atoms with E-state index in [4.69, 9.17) is 4.74 Å². The minimum absolute atomic E-state index is 0.0404. The lowest BCUT2D eigenvalue weighted by atomic mass is 9.97. The number of ether oxygens (including phenoxy) is 1. The van der Waals surface area contributed by atoms with E-state index in [0.717, 1.165) is 5.56 Å². The van der Waals surface area contributed by atoms with Gasteiger partial charge in [-0.3, -0.25) is 10.1 Å². The molecule has 2 aromatic carbocycles. The normalized spacial score (nSPS) is 12.1. The zero-order valence-corrected chi connectivity index (χ0v) is 16.9. The number of carboxylic acid groups (broad SMARTS) is 1. The van der Waals surface area contributed by atoms with Crippen molar-refractivity contribution in [2.24, 2.45) is 0 Å². The van der Waals surface area contributed by atoms with Crippen molar-refractivity contribution in [1.29, 1.82) is 0 Å². The first kappa shape index (κ1) is 22.7. The molecule has 0 aliphatic heterocycles. The predicted molar refractivity (Wildman–Crippen MR) is 109 cm³/mol.